The first-order chi connectivity index (χ1) is 10.9. The summed E-state index contributed by atoms with van der Waals surface area (Å²) in [5, 5.41) is 29.3. The van der Waals surface area contributed by atoms with Crippen LogP contribution in [0.3, 0.4) is 0 Å². The molecule has 0 aliphatic carbocycles. The zero-order valence-electron chi connectivity index (χ0n) is 13.5. The molecule has 0 aromatic heterocycles. The highest BCUT2D eigenvalue weighted by Crippen LogP contribution is 2.42. The molecule has 0 radical (unpaired) electrons. The van der Waals surface area contributed by atoms with Crippen molar-refractivity contribution in [3.8, 4) is 17.2 Å². The Hall–Kier alpha value is -2.48. The molecule has 0 saturated carbocycles. The van der Waals surface area contributed by atoms with Crippen LogP contribution in [0.2, 0.25) is 0 Å². The third kappa shape index (κ3) is 5.03. The molecule has 1 aromatic carbocycles. The lowest BCUT2D eigenvalue weighted by atomic mass is 10.0. The number of nitrogens with zero attached hydrogens (tertiary/aromatic N) is 1. The zero-order chi connectivity index (χ0) is 17.4. The highest BCUT2D eigenvalue weighted by Gasteiger charge is 2.17. The first kappa shape index (κ1) is 18.6. The summed E-state index contributed by atoms with van der Waals surface area (Å²) < 4.78 is 5.12. The predicted molar refractivity (Wildman–Crippen MR) is 84.8 cm³/mol. The minimum atomic E-state index is -0.900. The summed E-state index contributed by atoms with van der Waals surface area (Å²) in [5.74, 6) is 0.354. The molecule has 0 aliphatic heterocycles. The number of hydrogen-bond donors (Lipinski definition) is 3. The number of methoxy groups -OCH3 is 1. The Bertz CT molecular complexity index is 586. The summed E-state index contributed by atoms with van der Waals surface area (Å²) in [4.78, 5) is 13.9. The second kappa shape index (κ2) is 8.84. The Kier molecular flexibility index (Phi) is 7.14. The van der Waals surface area contributed by atoms with E-state index in [1.807, 2.05) is 6.08 Å². The fourth-order valence-electron chi connectivity index (χ4n) is 2.21. The van der Waals surface area contributed by atoms with Crippen molar-refractivity contribution in [3.05, 3.63) is 32.9 Å². The van der Waals surface area contributed by atoms with Gasteiger partial charge >= 0.3 is 5.09 Å². The molecule has 0 bridgehead atoms. The van der Waals surface area contributed by atoms with E-state index in [-0.39, 0.29) is 17.2 Å². The molecule has 1 aromatic rings. The van der Waals surface area contributed by atoms with Gasteiger partial charge in [0.25, 0.3) is 0 Å². The van der Waals surface area contributed by atoms with E-state index in [0.717, 1.165) is 12.8 Å². The Morgan fingerprint density at radius 3 is 2.52 bits per heavy atom. The lowest BCUT2D eigenvalue weighted by molar-refractivity contribution is -0.776. The molecule has 0 saturated heterocycles. The van der Waals surface area contributed by atoms with Gasteiger partial charge in [-0.1, -0.05) is 12.2 Å². The number of rotatable bonds is 9. The van der Waals surface area contributed by atoms with Crippen LogP contribution in [0, 0.1) is 24.0 Å². The number of unbranched alkanes of at least 4 members (excludes halogenated alkanes) is 2. The third-order valence-electron chi connectivity index (χ3n) is 3.45. The minimum absolute atomic E-state index is 0.00222. The molecular formula is C15H22N2O6. The lowest BCUT2D eigenvalue weighted by Gasteiger charge is -2.14. The van der Waals surface area contributed by atoms with Crippen molar-refractivity contribution >= 4 is 6.08 Å². The van der Waals surface area contributed by atoms with Gasteiger partial charge in [0.1, 0.15) is 5.75 Å². The van der Waals surface area contributed by atoms with E-state index in [1.165, 1.54) is 7.11 Å². The van der Waals surface area contributed by atoms with Crippen molar-refractivity contribution < 1.29 is 25.0 Å². The Morgan fingerprint density at radius 1 is 1.22 bits per heavy atom. The number of ether oxygens (including phenoxy) is 1. The third-order valence-corrected chi connectivity index (χ3v) is 3.45. The summed E-state index contributed by atoms with van der Waals surface area (Å²) in [5.41, 5.74) is 3.82. The smallest absolute Gasteiger partial charge is 0.311 e. The quantitative estimate of drug-likeness (QED) is 0.276. The molecule has 0 heterocycles. The van der Waals surface area contributed by atoms with Crippen LogP contribution < -0.4 is 10.2 Å². The number of phenols is 2. The van der Waals surface area contributed by atoms with Crippen LogP contribution in [0.4, 0.5) is 0 Å². The molecule has 8 nitrogen and oxygen atoms in total. The van der Waals surface area contributed by atoms with Crippen LogP contribution in [0.5, 0.6) is 17.2 Å². The molecule has 128 valence electrons. The first-order valence-corrected chi connectivity index (χ1v) is 7.20. The van der Waals surface area contributed by atoms with Crippen LogP contribution in [-0.4, -0.2) is 29.0 Å². The predicted octanol–water partition coefficient (Wildman–Crippen LogP) is 2.62. The van der Waals surface area contributed by atoms with Gasteiger partial charge in [0, 0.05) is 23.2 Å². The van der Waals surface area contributed by atoms with Gasteiger partial charge < -0.3 is 14.9 Å². The average Bonchev–Trinajstić information content (AvgIpc) is 2.51. The minimum Gasteiger partial charge on any atom is -0.507 e. The van der Waals surface area contributed by atoms with Crippen molar-refractivity contribution in [1.82, 2.24) is 5.48 Å². The highest BCUT2D eigenvalue weighted by molar-refractivity contribution is 5.71. The number of phenolic OH excluding ortho intramolecular Hbond substituents is 2. The van der Waals surface area contributed by atoms with Gasteiger partial charge in [-0.3, -0.25) is 0 Å². The summed E-state index contributed by atoms with van der Waals surface area (Å²) in [6.07, 6.45) is 5.80. The van der Waals surface area contributed by atoms with E-state index >= 15 is 0 Å². The maximum atomic E-state index is 10.2. The van der Waals surface area contributed by atoms with Crippen molar-refractivity contribution in [2.45, 2.75) is 33.1 Å². The summed E-state index contributed by atoms with van der Waals surface area (Å²) in [6.45, 7) is 3.77. The Balaban J connectivity index is 2.60. The van der Waals surface area contributed by atoms with E-state index in [0.29, 0.717) is 29.7 Å². The maximum Gasteiger partial charge on any atom is 0.311 e. The molecule has 8 heteroatoms. The van der Waals surface area contributed by atoms with E-state index in [9.17, 15) is 20.3 Å². The number of allylic oxidation sites excluding steroid dienone is 1. The molecule has 23 heavy (non-hydrogen) atoms. The van der Waals surface area contributed by atoms with Gasteiger partial charge in [0.15, 0.2) is 11.5 Å². The average molecular weight is 326 g/mol. The number of nitrogens with one attached hydrogen (secondary N) is 1. The highest BCUT2D eigenvalue weighted by atomic mass is 17.0. The summed E-state index contributed by atoms with van der Waals surface area (Å²) in [7, 11) is 1.43. The van der Waals surface area contributed by atoms with Gasteiger partial charge in [-0.25, -0.2) is 4.94 Å². The van der Waals surface area contributed by atoms with Crippen LogP contribution in [0.15, 0.2) is 6.08 Å². The molecule has 0 atom stereocenters. The van der Waals surface area contributed by atoms with Crippen LogP contribution in [0.25, 0.3) is 6.08 Å². The zero-order valence-corrected chi connectivity index (χ0v) is 13.5. The maximum absolute atomic E-state index is 10.2. The molecule has 0 unspecified atom stereocenters. The molecule has 0 spiro atoms. The number of aromatic hydroxyl groups is 2. The molecule has 0 fully saturated rings. The fourth-order valence-corrected chi connectivity index (χ4v) is 2.21. The topological polar surface area (TPSA) is 114 Å². The summed E-state index contributed by atoms with van der Waals surface area (Å²) >= 11 is 0. The lowest BCUT2D eigenvalue weighted by Crippen LogP contribution is -2.19. The molecule has 0 amide bonds. The Labute approximate surface area is 134 Å². The standard InChI is InChI=1S/C15H22N2O6/c1-10-12(14(19)15(22-3)11(2)13(10)18)8-6-4-5-7-9-16-23-17(20)21/h6,8,16,18-19H,4-5,7,9H2,1-3H3. The van der Waals surface area contributed by atoms with Gasteiger partial charge in [-0.05, 0) is 33.1 Å². The summed E-state index contributed by atoms with van der Waals surface area (Å²) in [6, 6.07) is 0. The number of benzene rings is 1. The first-order valence-electron chi connectivity index (χ1n) is 7.20. The molecule has 1 rings (SSSR count). The number of hydrogen-bond acceptors (Lipinski definition) is 7. The fraction of sp³-hybridized carbons (Fsp3) is 0.467. The van der Waals surface area contributed by atoms with Crippen LogP contribution >= 0.6 is 0 Å². The van der Waals surface area contributed by atoms with E-state index in [2.05, 4.69) is 10.4 Å². The van der Waals surface area contributed by atoms with Crippen molar-refractivity contribution in [2.75, 3.05) is 13.7 Å². The van der Waals surface area contributed by atoms with Crippen LogP contribution in [-0.2, 0) is 4.94 Å². The van der Waals surface area contributed by atoms with Gasteiger partial charge in [-0.2, -0.15) is 5.48 Å². The Morgan fingerprint density at radius 2 is 1.91 bits per heavy atom. The molecular weight excluding hydrogens is 304 g/mol. The molecule has 0 aliphatic rings. The normalized spacial score (nSPS) is 10.9. The van der Waals surface area contributed by atoms with E-state index < -0.39 is 5.09 Å². The van der Waals surface area contributed by atoms with Gasteiger partial charge in [0.05, 0.1) is 7.11 Å². The van der Waals surface area contributed by atoms with Crippen LogP contribution in [0.1, 0.15) is 36.0 Å². The van der Waals surface area contributed by atoms with Gasteiger partial charge in [0.2, 0.25) is 0 Å². The van der Waals surface area contributed by atoms with Crippen molar-refractivity contribution in [3.63, 3.8) is 0 Å². The largest absolute Gasteiger partial charge is 0.507 e. The molecule has 3 N–H and O–H groups in total. The van der Waals surface area contributed by atoms with Crippen molar-refractivity contribution in [2.24, 2.45) is 0 Å². The second-order valence-corrected chi connectivity index (χ2v) is 5.00. The monoisotopic (exact) mass is 326 g/mol. The van der Waals surface area contributed by atoms with E-state index in [4.69, 9.17) is 4.74 Å². The second-order valence-electron chi connectivity index (χ2n) is 5.00. The van der Waals surface area contributed by atoms with Gasteiger partial charge in [-0.15, -0.1) is 10.1 Å². The number of hydroxylamine groups is 1. The SMILES string of the molecule is COc1c(C)c(O)c(C)c(C=CCCCCNO[N+](=O)[O-])c1O. The van der Waals surface area contributed by atoms with E-state index in [1.54, 1.807) is 19.9 Å². The van der Waals surface area contributed by atoms with Crippen molar-refractivity contribution in [1.29, 1.82) is 0 Å².